The van der Waals surface area contributed by atoms with E-state index in [2.05, 4.69) is 42.1 Å². The van der Waals surface area contributed by atoms with Gasteiger partial charge in [-0.05, 0) is 43.9 Å². The fourth-order valence-electron chi connectivity index (χ4n) is 2.57. The van der Waals surface area contributed by atoms with Gasteiger partial charge < -0.3 is 0 Å². The van der Waals surface area contributed by atoms with Gasteiger partial charge in [-0.2, -0.15) is 0 Å². The van der Waals surface area contributed by atoms with Crippen molar-refractivity contribution in [1.29, 1.82) is 0 Å². The first-order valence-corrected chi connectivity index (χ1v) is 6.33. The van der Waals surface area contributed by atoms with E-state index in [-0.39, 0.29) is 0 Å². The molecule has 2 rings (SSSR count). The predicted octanol–water partition coefficient (Wildman–Crippen LogP) is 3.18. The minimum absolute atomic E-state index is 0.607. The molecule has 1 atom stereocenters. The van der Waals surface area contributed by atoms with E-state index in [0.717, 1.165) is 11.6 Å². The first-order chi connectivity index (χ1) is 7.66. The standard InChI is InChI=1S/C14H22N2/c1-11(2)10-16-8-4-5-14(16)13-7-6-12(3)15-9-13/h6-7,9,11,14H,4-5,8,10H2,1-3H3/t14-/m1/s1. The van der Waals surface area contributed by atoms with Crippen LogP contribution >= 0.6 is 0 Å². The first-order valence-electron chi connectivity index (χ1n) is 6.33. The summed E-state index contributed by atoms with van der Waals surface area (Å²) in [5, 5.41) is 0. The maximum Gasteiger partial charge on any atom is 0.0372 e. The van der Waals surface area contributed by atoms with Crippen molar-refractivity contribution < 1.29 is 0 Å². The lowest BCUT2D eigenvalue weighted by Gasteiger charge is -2.26. The molecule has 1 aliphatic rings. The summed E-state index contributed by atoms with van der Waals surface area (Å²) >= 11 is 0. The second-order valence-corrected chi connectivity index (χ2v) is 5.28. The van der Waals surface area contributed by atoms with Gasteiger partial charge >= 0.3 is 0 Å². The Kier molecular flexibility index (Phi) is 3.59. The predicted molar refractivity (Wildman–Crippen MR) is 67.4 cm³/mol. The molecule has 0 aliphatic carbocycles. The molecule has 2 nitrogen and oxygen atoms in total. The van der Waals surface area contributed by atoms with Crippen molar-refractivity contribution in [2.75, 3.05) is 13.1 Å². The summed E-state index contributed by atoms with van der Waals surface area (Å²) in [6, 6.07) is 4.97. The molecular weight excluding hydrogens is 196 g/mol. The van der Waals surface area contributed by atoms with E-state index >= 15 is 0 Å². The molecule has 2 heterocycles. The Balaban J connectivity index is 2.10. The maximum absolute atomic E-state index is 4.41. The van der Waals surface area contributed by atoms with Crippen molar-refractivity contribution in [2.24, 2.45) is 5.92 Å². The molecular formula is C14H22N2. The zero-order valence-electron chi connectivity index (χ0n) is 10.6. The van der Waals surface area contributed by atoms with E-state index in [9.17, 15) is 0 Å². The normalized spacial score (nSPS) is 21.9. The zero-order valence-corrected chi connectivity index (χ0v) is 10.6. The average molecular weight is 218 g/mol. The van der Waals surface area contributed by atoms with Crippen molar-refractivity contribution in [1.82, 2.24) is 9.88 Å². The molecule has 2 heteroatoms. The van der Waals surface area contributed by atoms with Crippen LogP contribution in [-0.2, 0) is 0 Å². The number of aromatic nitrogens is 1. The van der Waals surface area contributed by atoms with Crippen LogP contribution < -0.4 is 0 Å². The number of pyridine rings is 1. The largest absolute Gasteiger partial charge is 0.296 e. The Morgan fingerprint density at radius 1 is 1.44 bits per heavy atom. The fraction of sp³-hybridized carbons (Fsp3) is 0.643. The number of hydrogen-bond donors (Lipinski definition) is 0. The van der Waals surface area contributed by atoms with E-state index in [1.54, 1.807) is 0 Å². The smallest absolute Gasteiger partial charge is 0.0372 e. The Hall–Kier alpha value is -0.890. The molecule has 0 saturated carbocycles. The maximum atomic E-state index is 4.41. The van der Waals surface area contributed by atoms with Crippen molar-refractivity contribution in [3.05, 3.63) is 29.6 Å². The van der Waals surface area contributed by atoms with Crippen LogP contribution in [0.3, 0.4) is 0 Å². The minimum atomic E-state index is 0.607. The number of likely N-dealkylation sites (tertiary alicyclic amines) is 1. The van der Waals surface area contributed by atoms with Crippen LogP contribution in [0.2, 0.25) is 0 Å². The second-order valence-electron chi connectivity index (χ2n) is 5.28. The Morgan fingerprint density at radius 2 is 2.25 bits per heavy atom. The van der Waals surface area contributed by atoms with Crippen LogP contribution in [0.5, 0.6) is 0 Å². The van der Waals surface area contributed by atoms with Gasteiger partial charge in [0.05, 0.1) is 0 Å². The van der Waals surface area contributed by atoms with Crippen molar-refractivity contribution in [3.63, 3.8) is 0 Å². The van der Waals surface area contributed by atoms with Gasteiger partial charge in [0.2, 0.25) is 0 Å². The highest BCUT2D eigenvalue weighted by Crippen LogP contribution is 2.31. The highest BCUT2D eigenvalue weighted by Gasteiger charge is 2.26. The quantitative estimate of drug-likeness (QED) is 0.774. The highest BCUT2D eigenvalue weighted by atomic mass is 15.2. The van der Waals surface area contributed by atoms with Crippen LogP contribution in [0.25, 0.3) is 0 Å². The van der Waals surface area contributed by atoms with Gasteiger partial charge in [-0.15, -0.1) is 0 Å². The number of hydrogen-bond acceptors (Lipinski definition) is 2. The summed E-state index contributed by atoms with van der Waals surface area (Å²) < 4.78 is 0. The van der Waals surface area contributed by atoms with Crippen molar-refractivity contribution in [3.8, 4) is 0 Å². The van der Waals surface area contributed by atoms with Gasteiger partial charge in [-0.3, -0.25) is 9.88 Å². The summed E-state index contributed by atoms with van der Waals surface area (Å²) in [6.07, 6.45) is 4.67. The molecule has 0 N–H and O–H groups in total. The van der Waals surface area contributed by atoms with Crippen LogP contribution in [0.1, 0.15) is 44.0 Å². The van der Waals surface area contributed by atoms with Crippen LogP contribution in [0.15, 0.2) is 18.3 Å². The highest BCUT2D eigenvalue weighted by molar-refractivity contribution is 5.18. The van der Waals surface area contributed by atoms with E-state index in [1.807, 2.05) is 6.92 Å². The van der Waals surface area contributed by atoms with Gasteiger partial charge in [-0.1, -0.05) is 19.9 Å². The van der Waals surface area contributed by atoms with Crippen LogP contribution in [0.4, 0.5) is 0 Å². The molecule has 0 amide bonds. The number of rotatable bonds is 3. The Labute approximate surface area is 98.7 Å². The topological polar surface area (TPSA) is 16.1 Å². The molecule has 0 bridgehead atoms. The lowest BCUT2D eigenvalue weighted by Crippen LogP contribution is -2.27. The Morgan fingerprint density at radius 3 is 2.88 bits per heavy atom. The molecule has 0 aromatic carbocycles. The third kappa shape index (κ3) is 2.62. The second kappa shape index (κ2) is 4.96. The number of nitrogens with zero attached hydrogens (tertiary/aromatic N) is 2. The lowest BCUT2D eigenvalue weighted by atomic mass is 10.1. The van der Waals surface area contributed by atoms with Gasteiger partial charge in [-0.25, -0.2) is 0 Å². The molecule has 1 fully saturated rings. The zero-order chi connectivity index (χ0) is 11.5. The Bertz CT molecular complexity index is 329. The van der Waals surface area contributed by atoms with Crippen molar-refractivity contribution in [2.45, 2.75) is 39.7 Å². The van der Waals surface area contributed by atoms with Gasteiger partial charge in [0.15, 0.2) is 0 Å². The average Bonchev–Trinajstić information content (AvgIpc) is 2.66. The molecule has 1 aromatic rings. The first kappa shape index (κ1) is 11.6. The number of aryl methyl sites for hydroxylation is 1. The summed E-state index contributed by atoms with van der Waals surface area (Å²) in [6.45, 7) is 9.09. The molecule has 88 valence electrons. The van der Waals surface area contributed by atoms with E-state index in [4.69, 9.17) is 0 Å². The molecule has 0 spiro atoms. The van der Waals surface area contributed by atoms with Gasteiger partial charge in [0.1, 0.15) is 0 Å². The van der Waals surface area contributed by atoms with E-state index in [1.165, 1.54) is 31.5 Å². The van der Waals surface area contributed by atoms with E-state index < -0.39 is 0 Å². The van der Waals surface area contributed by atoms with Crippen molar-refractivity contribution >= 4 is 0 Å². The van der Waals surface area contributed by atoms with Crippen LogP contribution in [0, 0.1) is 12.8 Å². The fourth-order valence-corrected chi connectivity index (χ4v) is 2.57. The van der Waals surface area contributed by atoms with Gasteiger partial charge in [0, 0.05) is 24.5 Å². The monoisotopic (exact) mass is 218 g/mol. The molecule has 16 heavy (non-hydrogen) atoms. The summed E-state index contributed by atoms with van der Waals surface area (Å²) in [5.74, 6) is 0.749. The third-order valence-corrected chi connectivity index (χ3v) is 3.28. The molecule has 1 saturated heterocycles. The SMILES string of the molecule is Cc1ccc([C@H]2CCCN2CC(C)C)cn1. The molecule has 1 aromatic heterocycles. The minimum Gasteiger partial charge on any atom is -0.296 e. The van der Waals surface area contributed by atoms with Gasteiger partial charge in [0.25, 0.3) is 0 Å². The van der Waals surface area contributed by atoms with E-state index in [0.29, 0.717) is 6.04 Å². The van der Waals surface area contributed by atoms with Crippen LogP contribution in [-0.4, -0.2) is 23.0 Å². The molecule has 1 aliphatic heterocycles. The molecule has 0 unspecified atom stereocenters. The summed E-state index contributed by atoms with van der Waals surface area (Å²) in [7, 11) is 0. The third-order valence-electron chi connectivity index (χ3n) is 3.28. The molecule has 0 radical (unpaired) electrons. The lowest BCUT2D eigenvalue weighted by molar-refractivity contribution is 0.228. The summed E-state index contributed by atoms with van der Waals surface area (Å²) in [4.78, 5) is 7.02. The summed E-state index contributed by atoms with van der Waals surface area (Å²) in [5.41, 5.74) is 2.50.